The van der Waals surface area contributed by atoms with Crippen LogP contribution in [0.4, 0.5) is 11.4 Å². The molecule has 1 N–H and O–H groups in total. The lowest BCUT2D eigenvalue weighted by atomic mass is 9.99. The van der Waals surface area contributed by atoms with Gasteiger partial charge < -0.3 is 10.2 Å². The van der Waals surface area contributed by atoms with Gasteiger partial charge in [-0.3, -0.25) is 4.79 Å². The number of carbonyl (C=O) groups excluding carboxylic acids is 1. The molecular formula is C14H18N2O. The smallest absolute Gasteiger partial charge is 0.230 e. The van der Waals surface area contributed by atoms with Gasteiger partial charge in [0.15, 0.2) is 0 Å². The molecule has 3 rings (SSSR count). The number of nitrogens with one attached hydrogen (secondary N) is 1. The van der Waals surface area contributed by atoms with E-state index in [2.05, 4.69) is 19.2 Å². The largest absolute Gasteiger partial charge is 0.377 e. The first-order chi connectivity index (χ1) is 8.07. The number of para-hydroxylation sites is 2. The Balaban J connectivity index is 2.00. The average molecular weight is 230 g/mol. The molecule has 1 aromatic rings. The fourth-order valence-electron chi connectivity index (χ4n) is 2.45. The van der Waals surface area contributed by atoms with Crippen molar-refractivity contribution in [2.75, 3.05) is 16.8 Å². The molecule has 0 atom stereocenters. The van der Waals surface area contributed by atoms with Gasteiger partial charge in [-0.25, -0.2) is 0 Å². The molecule has 17 heavy (non-hydrogen) atoms. The Morgan fingerprint density at radius 3 is 2.76 bits per heavy atom. The topological polar surface area (TPSA) is 32.3 Å². The minimum absolute atomic E-state index is 0.0566. The Kier molecular flexibility index (Phi) is 2.18. The van der Waals surface area contributed by atoms with E-state index in [9.17, 15) is 4.79 Å². The van der Waals surface area contributed by atoms with E-state index in [4.69, 9.17) is 0 Å². The molecule has 90 valence electrons. The van der Waals surface area contributed by atoms with Crippen molar-refractivity contribution < 1.29 is 4.79 Å². The van der Waals surface area contributed by atoms with Crippen LogP contribution in [-0.2, 0) is 4.79 Å². The minimum atomic E-state index is -0.0566. The third-order valence-corrected chi connectivity index (χ3v) is 3.41. The molecule has 0 bridgehead atoms. The number of carbonyl (C=O) groups is 1. The van der Waals surface area contributed by atoms with Gasteiger partial charge in [0, 0.05) is 18.0 Å². The number of fused-ring (bicyclic) bond motifs is 1. The highest BCUT2D eigenvalue weighted by molar-refractivity contribution is 6.00. The zero-order valence-corrected chi connectivity index (χ0v) is 10.4. The maximum Gasteiger partial charge on any atom is 0.230 e. The summed E-state index contributed by atoms with van der Waals surface area (Å²) in [5.74, 6) is 0.573. The van der Waals surface area contributed by atoms with Gasteiger partial charge in [-0.05, 0) is 38.8 Å². The average Bonchev–Trinajstić information content (AvgIpc) is 3.09. The maximum atomic E-state index is 12.3. The van der Waals surface area contributed by atoms with E-state index in [0.717, 1.165) is 30.8 Å². The first-order valence-corrected chi connectivity index (χ1v) is 6.25. The van der Waals surface area contributed by atoms with Gasteiger partial charge in [-0.1, -0.05) is 12.1 Å². The van der Waals surface area contributed by atoms with Gasteiger partial charge in [0.25, 0.3) is 0 Å². The van der Waals surface area contributed by atoms with E-state index in [-0.39, 0.29) is 11.5 Å². The molecule has 0 saturated heterocycles. The molecule has 1 aliphatic carbocycles. The van der Waals surface area contributed by atoms with Crippen molar-refractivity contribution in [1.82, 2.24) is 0 Å². The fraction of sp³-hybridized carbons (Fsp3) is 0.500. The third-order valence-electron chi connectivity index (χ3n) is 3.41. The molecule has 0 radical (unpaired) electrons. The molecule has 1 saturated carbocycles. The molecule has 0 unspecified atom stereocenters. The molecule has 1 fully saturated rings. The lowest BCUT2D eigenvalue weighted by Crippen LogP contribution is -2.51. The zero-order chi connectivity index (χ0) is 12.0. The molecular weight excluding hydrogens is 212 g/mol. The predicted octanol–water partition coefficient (Wildman–Crippen LogP) is 2.63. The maximum absolute atomic E-state index is 12.3. The van der Waals surface area contributed by atoms with E-state index >= 15 is 0 Å². The van der Waals surface area contributed by atoms with Crippen LogP contribution in [0.3, 0.4) is 0 Å². The van der Waals surface area contributed by atoms with Gasteiger partial charge >= 0.3 is 0 Å². The number of benzene rings is 1. The van der Waals surface area contributed by atoms with Crippen molar-refractivity contribution in [1.29, 1.82) is 0 Å². The second-order valence-electron chi connectivity index (χ2n) is 5.72. The summed E-state index contributed by atoms with van der Waals surface area (Å²) in [6.45, 7) is 5.02. The number of hydrogen-bond donors (Lipinski definition) is 1. The highest BCUT2D eigenvalue weighted by Gasteiger charge is 2.39. The van der Waals surface area contributed by atoms with Crippen LogP contribution in [0.5, 0.6) is 0 Å². The van der Waals surface area contributed by atoms with Crippen molar-refractivity contribution in [3.8, 4) is 0 Å². The Labute approximate surface area is 102 Å². The lowest BCUT2D eigenvalue weighted by molar-refractivity contribution is -0.120. The normalized spacial score (nSPS) is 21.6. The minimum Gasteiger partial charge on any atom is -0.377 e. The Morgan fingerprint density at radius 1 is 1.35 bits per heavy atom. The number of hydrogen-bond acceptors (Lipinski definition) is 2. The highest BCUT2D eigenvalue weighted by atomic mass is 16.2. The van der Waals surface area contributed by atoms with E-state index in [0.29, 0.717) is 5.91 Å². The molecule has 3 nitrogen and oxygen atoms in total. The van der Waals surface area contributed by atoms with Gasteiger partial charge in [-0.2, -0.15) is 0 Å². The molecule has 1 aliphatic heterocycles. The number of nitrogens with zero attached hydrogens (tertiary/aromatic N) is 1. The van der Waals surface area contributed by atoms with Crippen LogP contribution in [0, 0.1) is 5.92 Å². The third kappa shape index (κ3) is 1.90. The van der Waals surface area contributed by atoms with Gasteiger partial charge in [0.05, 0.1) is 11.4 Å². The van der Waals surface area contributed by atoms with Gasteiger partial charge in [0.2, 0.25) is 5.91 Å². The summed E-state index contributed by atoms with van der Waals surface area (Å²) >= 11 is 0. The second kappa shape index (κ2) is 3.49. The molecule has 1 amide bonds. The second-order valence-corrected chi connectivity index (χ2v) is 5.72. The molecule has 0 aromatic heterocycles. The van der Waals surface area contributed by atoms with Crippen LogP contribution >= 0.6 is 0 Å². The summed E-state index contributed by atoms with van der Waals surface area (Å²) in [5.41, 5.74) is 2.04. The van der Waals surface area contributed by atoms with Gasteiger partial charge in [0.1, 0.15) is 0 Å². The summed E-state index contributed by atoms with van der Waals surface area (Å²) in [4.78, 5) is 14.3. The van der Waals surface area contributed by atoms with E-state index < -0.39 is 0 Å². The lowest BCUT2D eigenvalue weighted by Gasteiger charge is -2.41. The van der Waals surface area contributed by atoms with Gasteiger partial charge in [-0.15, -0.1) is 0 Å². The van der Waals surface area contributed by atoms with Crippen molar-refractivity contribution in [3.63, 3.8) is 0 Å². The highest BCUT2D eigenvalue weighted by Crippen LogP contribution is 2.39. The Bertz CT molecular complexity index is 463. The van der Waals surface area contributed by atoms with E-state index in [1.165, 1.54) is 0 Å². The molecule has 2 aliphatic rings. The first kappa shape index (κ1) is 10.6. The van der Waals surface area contributed by atoms with Crippen LogP contribution in [0.25, 0.3) is 0 Å². The predicted molar refractivity (Wildman–Crippen MR) is 69.2 cm³/mol. The monoisotopic (exact) mass is 230 g/mol. The number of amides is 1. The molecule has 3 heteroatoms. The van der Waals surface area contributed by atoms with Crippen LogP contribution in [0.1, 0.15) is 26.7 Å². The van der Waals surface area contributed by atoms with Crippen LogP contribution < -0.4 is 10.2 Å². The fourth-order valence-corrected chi connectivity index (χ4v) is 2.45. The first-order valence-electron chi connectivity index (χ1n) is 6.25. The van der Waals surface area contributed by atoms with Crippen LogP contribution in [0.15, 0.2) is 24.3 Å². The van der Waals surface area contributed by atoms with Crippen LogP contribution in [-0.4, -0.2) is 18.0 Å². The SMILES string of the molecule is CC1(C)CN(C(=O)C2CC2)c2ccccc2N1. The van der Waals surface area contributed by atoms with E-state index in [1.807, 2.05) is 29.2 Å². The summed E-state index contributed by atoms with van der Waals surface area (Å²) < 4.78 is 0. The quantitative estimate of drug-likeness (QED) is 0.804. The molecule has 1 heterocycles. The Hall–Kier alpha value is -1.51. The van der Waals surface area contributed by atoms with Crippen LogP contribution in [0.2, 0.25) is 0 Å². The molecule has 0 spiro atoms. The van der Waals surface area contributed by atoms with Crippen molar-refractivity contribution >= 4 is 17.3 Å². The van der Waals surface area contributed by atoms with Crippen molar-refractivity contribution in [3.05, 3.63) is 24.3 Å². The summed E-state index contributed by atoms with van der Waals surface area (Å²) in [6, 6.07) is 8.07. The number of anilines is 2. The van der Waals surface area contributed by atoms with Crippen molar-refractivity contribution in [2.45, 2.75) is 32.2 Å². The molecule has 1 aromatic carbocycles. The Morgan fingerprint density at radius 2 is 2.06 bits per heavy atom. The summed E-state index contributed by atoms with van der Waals surface area (Å²) in [7, 11) is 0. The van der Waals surface area contributed by atoms with Crippen molar-refractivity contribution in [2.24, 2.45) is 5.92 Å². The standard InChI is InChI=1S/C14H18N2O/c1-14(2)9-16(13(17)10-7-8-10)12-6-4-3-5-11(12)15-14/h3-6,10,15H,7-9H2,1-2H3. The summed E-state index contributed by atoms with van der Waals surface area (Å²) in [5, 5.41) is 3.49. The summed E-state index contributed by atoms with van der Waals surface area (Å²) in [6.07, 6.45) is 2.12. The number of rotatable bonds is 1. The zero-order valence-electron chi connectivity index (χ0n) is 10.4. The van der Waals surface area contributed by atoms with E-state index in [1.54, 1.807) is 0 Å².